The number of benzene rings is 2. The molecule has 11 heteroatoms. The standard InChI is InChI=1S/C19H19N3O6S2/c1-12(2)30(26,27)14-10-8-13(9-11-14)18-21-22-19(28-18)20-17(23)15-6-4-5-7-16(15)29(3,24)25/h4-12H,1-3H3,(H,20,22,23). The van der Waals surface area contributed by atoms with E-state index in [1.807, 2.05) is 0 Å². The van der Waals surface area contributed by atoms with Crippen molar-refractivity contribution in [3.8, 4) is 11.5 Å². The van der Waals surface area contributed by atoms with Crippen LogP contribution in [0.25, 0.3) is 11.5 Å². The zero-order valence-corrected chi connectivity index (χ0v) is 18.0. The molecule has 3 aromatic rings. The molecule has 0 spiro atoms. The Morgan fingerprint density at radius 2 is 1.60 bits per heavy atom. The fourth-order valence-corrected chi connectivity index (χ4v) is 4.54. The molecule has 0 atom stereocenters. The molecule has 0 aliphatic carbocycles. The van der Waals surface area contributed by atoms with Gasteiger partial charge in [0.2, 0.25) is 5.89 Å². The first-order valence-electron chi connectivity index (χ1n) is 8.78. The van der Waals surface area contributed by atoms with Crippen molar-refractivity contribution < 1.29 is 26.0 Å². The van der Waals surface area contributed by atoms with E-state index >= 15 is 0 Å². The molecule has 0 fully saturated rings. The van der Waals surface area contributed by atoms with Crippen molar-refractivity contribution >= 4 is 31.6 Å². The van der Waals surface area contributed by atoms with Crippen LogP contribution in [0.2, 0.25) is 0 Å². The second-order valence-electron chi connectivity index (χ2n) is 6.75. The third-order valence-electron chi connectivity index (χ3n) is 4.23. The molecule has 30 heavy (non-hydrogen) atoms. The molecular formula is C19H19N3O6S2. The van der Waals surface area contributed by atoms with Gasteiger partial charge in [-0.2, -0.15) is 0 Å². The molecule has 0 aliphatic heterocycles. The lowest BCUT2D eigenvalue weighted by Gasteiger charge is -2.07. The van der Waals surface area contributed by atoms with Crippen molar-refractivity contribution in [2.45, 2.75) is 28.9 Å². The largest absolute Gasteiger partial charge is 0.403 e. The van der Waals surface area contributed by atoms with Gasteiger partial charge in [-0.3, -0.25) is 10.1 Å². The van der Waals surface area contributed by atoms with Crippen LogP contribution < -0.4 is 5.32 Å². The number of rotatable bonds is 6. The highest BCUT2D eigenvalue weighted by Gasteiger charge is 2.21. The summed E-state index contributed by atoms with van der Waals surface area (Å²) in [6, 6.07) is 11.5. The summed E-state index contributed by atoms with van der Waals surface area (Å²) < 4.78 is 53.5. The smallest absolute Gasteiger partial charge is 0.322 e. The summed E-state index contributed by atoms with van der Waals surface area (Å²) in [7, 11) is -7.01. The first-order valence-corrected chi connectivity index (χ1v) is 12.2. The van der Waals surface area contributed by atoms with Gasteiger partial charge in [-0.1, -0.05) is 17.2 Å². The summed E-state index contributed by atoms with van der Waals surface area (Å²) in [5, 5.41) is 9.38. The van der Waals surface area contributed by atoms with Crippen molar-refractivity contribution in [3.63, 3.8) is 0 Å². The van der Waals surface area contributed by atoms with Crippen LogP contribution in [0.3, 0.4) is 0 Å². The van der Waals surface area contributed by atoms with Gasteiger partial charge in [0, 0.05) is 11.8 Å². The van der Waals surface area contributed by atoms with Gasteiger partial charge in [-0.25, -0.2) is 16.8 Å². The first-order chi connectivity index (χ1) is 14.0. The van der Waals surface area contributed by atoms with E-state index in [1.54, 1.807) is 13.8 Å². The molecule has 1 amide bonds. The number of sulfone groups is 2. The van der Waals surface area contributed by atoms with E-state index in [1.165, 1.54) is 48.5 Å². The van der Waals surface area contributed by atoms with Crippen LogP contribution in [0.1, 0.15) is 24.2 Å². The molecule has 0 aliphatic rings. The SMILES string of the molecule is CC(C)S(=O)(=O)c1ccc(-c2nnc(NC(=O)c3ccccc3S(C)(=O)=O)o2)cc1. The molecule has 0 saturated heterocycles. The van der Waals surface area contributed by atoms with Gasteiger partial charge >= 0.3 is 6.01 Å². The summed E-state index contributed by atoms with van der Waals surface area (Å²) in [5.74, 6) is -0.653. The molecule has 1 aromatic heterocycles. The number of anilines is 1. The average molecular weight is 450 g/mol. The molecule has 2 aromatic carbocycles. The van der Waals surface area contributed by atoms with Crippen LogP contribution in [0.15, 0.2) is 62.7 Å². The summed E-state index contributed by atoms with van der Waals surface area (Å²) >= 11 is 0. The zero-order valence-electron chi connectivity index (χ0n) is 16.4. The molecule has 9 nitrogen and oxygen atoms in total. The van der Waals surface area contributed by atoms with Crippen molar-refractivity contribution in [3.05, 3.63) is 54.1 Å². The highest BCUT2D eigenvalue weighted by Crippen LogP contribution is 2.24. The van der Waals surface area contributed by atoms with Gasteiger partial charge in [0.1, 0.15) is 0 Å². The minimum absolute atomic E-state index is 0.0528. The van der Waals surface area contributed by atoms with Crippen LogP contribution in [-0.4, -0.2) is 44.4 Å². The monoisotopic (exact) mass is 449 g/mol. The van der Waals surface area contributed by atoms with Gasteiger partial charge in [0.05, 0.1) is 20.6 Å². The van der Waals surface area contributed by atoms with Crippen molar-refractivity contribution in [1.82, 2.24) is 10.2 Å². The number of nitrogens with one attached hydrogen (secondary N) is 1. The van der Waals surface area contributed by atoms with Crippen molar-refractivity contribution in [1.29, 1.82) is 0 Å². The summed E-state index contributed by atoms with van der Waals surface area (Å²) in [5.41, 5.74) is 0.408. The molecule has 0 saturated carbocycles. The number of amides is 1. The Labute approximate surface area is 174 Å². The highest BCUT2D eigenvalue weighted by atomic mass is 32.2. The molecular weight excluding hydrogens is 430 g/mol. The Bertz CT molecular complexity index is 1290. The fraction of sp³-hybridized carbons (Fsp3) is 0.211. The van der Waals surface area contributed by atoms with E-state index in [9.17, 15) is 21.6 Å². The van der Waals surface area contributed by atoms with E-state index in [0.717, 1.165) is 6.26 Å². The molecule has 0 unspecified atom stereocenters. The summed E-state index contributed by atoms with van der Waals surface area (Å²) in [4.78, 5) is 12.5. The van der Waals surface area contributed by atoms with E-state index in [2.05, 4.69) is 15.5 Å². The lowest BCUT2D eigenvalue weighted by molar-refractivity contribution is 0.102. The normalized spacial score (nSPS) is 12.1. The maximum atomic E-state index is 12.5. The lowest BCUT2D eigenvalue weighted by Crippen LogP contribution is -2.16. The highest BCUT2D eigenvalue weighted by molar-refractivity contribution is 7.92. The lowest BCUT2D eigenvalue weighted by atomic mass is 10.2. The number of carbonyl (C=O) groups excluding carboxylic acids is 1. The predicted octanol–water partition coefficient (Wildman–Crippen LogP) is 2.57. The van der Waals surface area contributed by atoms with Crippen LogP contribution in [0.4, 0.5) is 6.01 Å². The molecule has 1 heterocycles. The van der Waals surface area contributed by atoms with E-state index in [-0.39, 0.29) is 27.3 Å². The minimum atomic E-state index is -3.61. The van der Waals surface area contributed by atoms with Crippen LogP contribution in [0, 0.1) is 0 Å². The van der Waals surface area contributed by atoms with Crippen LogP contribution in [0.5, 0.6) is 0 Å². The third kappa shape index (κ3) is 4.41. The number of carbonyl (C=O) groups is 1. The van der Waals surface area contributed by atoms with Gasteiger partial charge in [0.15, 0.2) is 19.7 Å². The maximum absolute atomic E-state index is 12.5. The molecule has 0 bridgehead atoms. The van der Waals surface area contributed by atoms with E-state index < -0.39 is 30.8 Å². The Morgan fingerprint density at radius 1 is 0.967 bits per heavy atom. The Kier molecular flexibility index (Phi) is 5.77. The Morgan fingerprint density at radius 3 is 2.20 bits per heavy atom. The number of aromatic nitrogens is 2. The van der Waals surface area contributed by atoms with E-state index in [0.29, 0.717) is 5.56 Å². The molecule has 1 N–H and O–H groups in total. The second-order valence-corrected chi connectivity index (χ2v) is 11.2. The number of hydrogen-bond donors (Lipinski definition) is 1. The number of hydrogen-bond acceptors (Lipinski definition) is 8. The average Bonchev–Trinajstić information content (AvgIpc) is 3.15. The minimum Gasteiger partial charge on any atom is -0.403 e. The van der Waals surface area contributed by atoms with E-state index in [4.69, 9.17) is 4.42 Å². The molecule has 158 valence electrons. The summed E-state index contributed by atoms with van der Waals surface area (Å²) in [6.45, 7) is 3.19. The van der Waals surface area contributed by atoms with Gasteiger partial charge in [0.25, 0.3) is 5.91 Å². The Balaban J connectivity index is 1.82. The third-order valence-corrected chi connectivity index (χ3v) is 7.55. The Hall–Kier alpha value is -3.05. The summed E-state index contributed by atoms with van der Waals surface area (Å²) in [6.07, 6.45) is 1.01. The molecule has 3 rings (SSSR count). The van der Waals surface area contributed by atoms with Gasteiger partial charge < -0.3 is 4.42 Å². The van der Waals surface area contributed by atoms with Gasteiger partial charge in [-0.15, -0.1) is 5.10 Å². The second kappa shape index (κ2) is 8.00. The quantitative estimate of drug-likeness (QED) is 0.606. The maximum Gasteiger partial charge on any atom is 0.322 e. The predicted molar refractivity (Wildman–Crippen MR) is 110 cm³/mol. The fourth-order valence-electron chi connectivity index (χ4n) is 2.59. The number of nitrogens with zero attached hydrogens (tertiary/aromatic N) is 2. The topological polar surface area (TPSA) is 136 Å². The van der Waals surface area contributed by atoms with Crippen molar-refractivity contribution in [2.24, 2.45) is 0 Å². The first kappa shape index (κ1) is 21.7. The van der Waals surface area contributed by atoms with Crippen molar-refractivity contribution in [2.75, 3.05) is 11.6 Å². The molecule has 0 radical (unpaired) electrons. The van der Waals surface area contributed by atoms with Gasteiger partial charge in [-0.05, 0) is 50.2 Å². The zero-order chi connectivity index (χ0) is 22.1. The van der Waals surface area contributed by atoms with Crippen LogP contribution >= 0.6 is 0 Å². The van der Waals surface area contributed by atoms with Crippen LogP contribution in [-0.2, 0) is 19.7 Å².